The van der Waals surface area contributed by atoms with Crippen molar-refractivity contribution in [3.63, 3.8) is 0 Å². The largest absolute Gasteiger partial charge is 1.00 e. The summed E-state index contributed by atoms with van der Waals surface area (Å²) in [5, 5.41) is 0. The third-order valence-corrected chi connectivity index (χ3v) is 3.91. The van der Waals surface area contributed by atoms with E-state index in [1.165, 1.54) is 89.5 Å². The number of carbonyl (C=O) groups is 1. The van der Waals surface area contributed by atoms with Crippen LogP contribution in [0.15, 0.2) is 12.7 Å². The number of carbonyl (C=O) groups excluding carboxylic acids is 1. The number of ether oxygens (including phenoxy) is 1. The van der Waals surface area contributed by atoms with Gasteiger partial charge in [0, 0.05) is 6.08 Å². The molecule has 0 saturated heterocycles. The number of rotatable bonds is 16. The van der Waals surface area contributed by atoms with Crippen LogP contribution in [0.2, 0.25) is 0 Å². The molecule has 0 aromatic carbocycles. The Morgan fingerprint density at radius 2 is 1.18 bits per heavy atom. The van der Waals surface area contributed by atoms with Crippen molar-refractivity contribution in [2.45, 2.75) is 96.8 Å². The van der Waals surface area contributed by atoms with Crippen molar-refractivity contribution >= 4 is 5.97 Å². The molecule has 0 heterocycles. The fourth-order valence-corrected chi connectivity index (χ4v) is 2.53. The van der Waals surface area contributed by atoms with E-state index in [-0.39, 0.29) is 37.0 Å². The smallest absolute Gasteiger partial charge is 1.00 e. The van der Waals surface area contributed by atoms with Gasteiger partial charge in [-0.2, -0.15) is 0 Å². The van der Waals surface area contributed by atoms with Gasteiger partial charge in [0.25, 0.3) is 0 Å². The quantitative estimate of drug-likeness (QED) is 0.189. The molecule has 0 spiro atoms. The SMILES string of the molecule is C=CC(=O)OCCCCCCCCCCCCCCCC.[H-].[Na+]. The molecule has 22 heavy (non-hydrogen) atoms. The fourth-order valence-electron chi connectivity index (χ4n) is 2.53. The molecule has 0 aliphatic rings. The molecule has 0 amide bonds. The summed E-state index contributed by atoms with van der Waals surface area (Å²) in [5.74, 6) is -0.301. The summed E-state index contributed by atoms with van der Waals surface area (Å²) in [6, 6.07) is 0. The van der Waals surface area contributed by atoms with Gasteiger partial charge in [0.2, 0.25) is 0 Å². The second kappa shape index (κ2) is 21.2. The number of hydrogen-bond acceptors (Lipinski definition) is 2. The zero-order valence-electron chi connectivity index (χ0n) is 16.2. The van der Waals surface area contributed by atoms with Crippen LogP contribution in [0.25, 0.3) is 0 Å². The van der Waals surface area contributed by atoms with Crippen LogP contribution >= 0.6 is 0 Å². The fraction of sp³-hybridized carbons (Fsp3) is 0.842. The molecule has 2 nitrogen and oxygen atoms in total. The van der Waals surface area contributed by atoms with E-state index >= 15 is 0 Å². The van der Waals surface area contributed by atoms with E-state index in [1.807, 2.05) is 0 Å². The average molecular weight is 320 g/mol. The van der Waals surface area contributed by atoms with Crippen LogP contribution in [0, 0.1) is 0 Å². The first-order chi connectivity index (χ1) is 10.3. The summed E-state index contributed by atoms with van der Waals surface area (Å²) < 4.78 is 4.94. The van der Waals surface area contributed by atoms with Gasteiger partial charge in [0.1, 0.15) is 0 Å². The minimum atomic E-state index is -0.301. The van der Waals surface area contributed by atoms with Gasteiger partial charge in [0.15, 0.2) is 0 Å². The van der Waals surface area contributed by atoms with Gasteiger partial charge in [-0.3, -0.25) is 0 Å². The molecule has 3 heteroatoms. The molecule has 0 aromatic heterocycles. The molecule has 0 radical (unpaired) electrons. The van der Waals surface area contributed by atoms with Crippen LogP contribution < -0.4 is 29.6 Å². The van der Waals surface area contributed by atoms with Crippen LogP contribution in [0.5, 0.6) is 0 Å². The molecule has 0 aliphatic heterocycles. The molecule has 0 saturated carbocycles. The van der Waals surface area contributed by atoms with E-state index in [2.05, 4.69) is 13.5 Å². The van der Waals surface area contributed by atoms with Gasteiger partial charge < -0.3 is 6.16 Å². The van der Waals surface area contributed by atoms with Gasteiger partial charge in [-0.05, 0) is 6.42 Å². The summed E-state index contributed by atoms with van der Waals surface area (Å²) in [4.78, 5) is 10.8. The predicted octanol–water partition coefficient (Wildman–Crippen LogP) is 3.31. The van der Waals surface area contributed by atoms with Gasteiger partial charge in [0.05, 0.1) is 6.61 Å². The van der Waals surface area contributed by atoms with Crippen molar-refractivity contribution in [2.24, 2.45) is 0 Å². The van der Waals surface area contributed by atoms with Crippen molar-refractivity contribution in [3.05, 3.63) is 12.7 Å². The van der Waals surface area contributed by atoms with Gasteiger partial charge in [-0.1, -0.05) is 97.0 Å². The van der Waals surface area contributed by atoms with Crippen molar-refractivity contribution in [2.75, 3.05) is 6.61 Å². The maximum atomic E-state index is 10.8. The van der Waals surface area contributed by atoms with Gasteiger partial charge >= 0.3 is 35.5 Å². The molecule has 0 atom stereocenters. The van der Waals surface area contributed by atoms with Gasteiger partial charge in [-0.15, -0.1) is 0 Å². The predicted molar refractivity (Wildman–Crippen MR) is 92.6 cm³/mol. The first-order valence-electron chi connectivity index (χ1n) is 9.10. The number of hydrogen-bond donors (Lipinski definition) is 0. The average Bonchev–Trinajstić information content (AvgIpc) is 2.50. The summed E-state index contributed by atoms with van der Waals surface area (Å²) in [5.41, 5.74) is 0. The van der Waals surface area contributed by atoms with E-state index < -0.39 is 0 Å². The molecule has 0 fully saturated rings. The van der Waals surface area contributed by atoms with E-state index in [0.717, 1.165) is 6.42 Å². The molecule has 0 aliphatic carbocycles. The molecule has 126 valence electrons. The Hall–Kier alpha value is 0.210. The van der Waals surface area contributed by atoms with E-state index in [9.17, 15) is 4.79 Å². The third-order valence-electron chi connectivity index (χ3n) is 3.91. The van der Waals surface area contributed by atoms with Crippen LogP contribution in [-0.4, -0.2) is 12.6 Å². The van der Waals surface area contributed by atoms with Crippen LogP contribution in [0.1, 0.15) is 98.2 Å². The standard InChI is InChI=1S/C19H36O2.Na.H/c1-3-5-6-7-8-9-10-11-12-13-14-15-16-17-18-21-19(20)4-2;;/h4H,2-3,5-18H2,1H3;;/q;+1;-1. The minimum absolute atomic E-state index is 0. The molecule has 0 unspecified atom stereocenters. The maximum Gasteiger partial charge on any atom is 1.00 e. The first-order valence-corrected chi connectivity index (χ1v) is 9.10. The third kappa shape index (κ3) is 20.2. The summed E-state index contributed by atoms with van der Waals surface area (Å²) in [6.45, 7) is 6.19. The van der Waals surface area contributed by atoms with E-state index in [4.69, 9.17) is 4.74 Å². The Labute approximate surface area is 162 Å². The summed E-state index contributed by atoms with van der Waals surface area (Å²) >= 11 is 0. The minimum Gasteiger partial charge on any atom is -1.00 e. The molecule has 0 aromatic rings. The normalized spacial score (nSPS) is 10.0. The maximum absolute atomic E-state index is 10.8. The number of unbranched alkanes of at least 4 members (excludes halogenated alkanes) is 13. The molecular formula is C19H37NaO2. The summed E-state index contributed by atoms with van der Waals surface area (Å²) in [7, 11) is 0. The first kappa shape index (κ1) is 24.5. The Balaban J connectivity index is -0.00000200. The topological polar surface area (TPSA) is 26.3 Å². The van der Waals surface area contributed by atoms with E-state index in [1.54, 1.807) is 0 Å². The van der Waals surface area contributed by atoms with Crippen LogP contribution in [0.3, 0.4) is 0 Å². The molecular weight excluding hydrogens is 283 g/mol. The number of esters is 1. The zero-order chi connectivity index (χ0) is 15.6. The Morgan fingerprint density at radius 3 is 1.55 bits per heavy atom. The van der Waals surface area contributed by atoms with Crippen molar-refractivity contribution in [3.8, 4) is 0 Å². The van der Waals surface area contributed by atoms with Gasteiger partial charge in [-0.25, -0.2) is 4.79 Å². The molecule has 0 N–H and O–H groups in total. The Kier molecular flexibility index (Phi) is 23.6. The Bertz CT molecular complexity index is 248. The van der Waals surface area contributed by atoms with Crippen molar-refractivity contribution in [1.29, 1.82) is 0 Å². The summed E-state index contributed by atoms with van der Waals surface area (Å²) in [6.07, 6.45) is 20.0. The second-order valence-electron chi connectivity index (χ2n) is 5.97. The van der Waals surface area contributed by atoms with Crippen LogP contribution in [-0.2, 0) is 9.53 Å². The Morgan fingerprint density at radius 1 is 0.818 bits per heavy atom. The van der Waals surface area contributed by atoms with E-state index in [0.29, 0.717) is 6.61 Å². The van der Waals surface area contributed by atoms with Crippen molar-refractivity contribution in [1.82, 2.24) is 0 Å². The zero-order valence-corrected chi connectivity index (χ0v) is 17.2. The second-order valence-corrected chi connectivity index (χ2v) is 5.97. The monoisotopic (exact) mass is 320 g/mol. The van der Waals surface area contributed by atoms with Crippen molar-refractivity contribution < 1.29 is 40.5 Å². The molecule has 0 bridgehead atoms. The molecule has 0 rings (SSSR count). The van der Waals surface area contributed by atoms with Crippen LogP contribution in [0.4, 0.5) is 0 Å².